The first-order valence-corrected chi connectivity index (χ1v) is 8.83. The number of aryl methyl sites for hydroxylation is 1. The second kappa shape index (κ2) is 12.1. The molecule has 26 heavy (non-hydrogen) atoms. The highest BCUT2D eigenvalue weighted by atomic mass is 127. The third kappa shape index (κ3) is 7.11. The van der Waals surface area contributed by atoms with Gasteiger partial charge in [0.25, 0.3) is 0 Å². The molecule has 2 atom stereocenters. The molecule has 0 saturated carbocycles. The number of halogens is 1. The van der Waals surface area contributed by atoms with Crippen LogP contribution in [0.25, 0.3) is 0 Å². The smallest absolute Gasteiger partial charge is 0.307 e. The third-order valence-electron chi connectivity index (χ3n) is 4.46. The van der Waals surface area contributed by atoms with Gasteiger partial charge < -0.3 is 20.1 Å². The minimum absolute atomic E-state index is 0. The van der Waals surface area contributed by atoms with Gasteiger partial charge in [-0.2, -0.15) is 0 Å². The summed E-state index contributed by atoms with van der Waals surface area (Å²) in [5.74, 6) is 0.843. The number of nitrogens with one attached hydrogen (secondary N) is 2. The van der Waals surface area contributed by atoms with E-state index >= 15 is 0 Å². The van der Waals surface area contributed by atoms with Crippen molar-refractivity contribution in [2.75, 3.05) is 33.9 Å². The lowest BCUT2D eigenvalue weighted by molar-refractivity contribution is -0.140. The van der Waals surface area contributed by atoms with E-state index < -0.39 is 0 Å². The Morgan fingerprint density at radius 1 is 1.31 bits per heavy atom. The maximum atomic E-state index is 11.2. The topological polar surface area (TPSA) is 72.0 Å². The molecule has 1 aromatic rings. The summed E-state index contributed by atoms with van der Waals surface area (Å²) in [6.07, 6.45) is 2.61. The van der Waals surface area contributed by atoms with Crippen LogP contribution < -0.4 is 10.6 Å². The Hall–Kier alpha value is -1.35. The molecule has 2 rings (SSSR count). The van der Waals surface area contributed by atoms with Crippen LogP contribution >= 0.6 is 24.0 Å². The van der Waals surface area contributed by atoms with Crippen LogP contribution in [0.2, 0.25) is 0 Å². The maximum Gasteiger partial charge on any atom is 0.307 e. The number of carbonyl (C=O) groups excluding carboxylic acids is 1. The van der Waals surface area contributed by atoms with Crippen LogP contribution in [0, 0.1) is 12.8 Å². The summed E-state index contributed by atoms with van der Waals surface area (Å²) in [6, 6.07) is 8.57. The minimum Gasteiger partial charge on any atom is -0.469 e. The van der Waals surface area contributed by atoms with Gasteiger partial charge in [-0.05, 0) is 25.3 Å². The molecule has 1 saturated heterocycles. The van der Waals surface area contributed by atoms with Gasteiger partial charge in [0.1, 0.15) is 0 Å². The molecule has 7 heteroatoms. The predicted octanol–water partition coefficient (Wildman–Crippen LogP) is 2.81. The zero-order valence-electron chi connectivity index (χ0n) is 15.8. The Morgan fingerprint density at radius 2 is 2.04 bits per heavy atom. The molecule has 1 aromatic carbocycles. The van der Waals surface area contributed by atoms with E-state index in [4.69, 9.17) is 4.74 Å². The van der Waals surface area contributed by atoms with E-state index in [1.807, 2.05) is 0 Å². The van der Waals surface area contributed by atoms with Gasteiger partial charge in [-0.15, -0.1) is 24.0 Å². The van der Waals surface area contributed by atoms with Crippen LogP contribution in [-0.4, -0.2) is 45.8 Å². The summed E-state index contributed by atoms with van der Waals surface area (Å²) >= 11 is 0. The van der Waals surface area contributed by atoms with Gasteiger partial charge in [-0.25, -0.2) is 0 Å². The van der Waals surface area contributed by atoms with Crippen LogP contribution in [-0.2, 0) is 14.3 Å². The largest absolute Gasteiger partial charge is 0.469 e. The van der Waals surface area contributed by atoms with Gasteiger partial charge in [-0.1, -0.05) is 29.8 Å². The fourth-order valence-corrected chi connectivity index (χ4v) is 3.01. The SMILES string of the molecule is CN=C(NCCC(=O)OC)NCC1CCCOC1c1ccc(C)cc1.I. The fraction of sp³-hybridized carbons (Fsp3) is 0.579. The molecule has 6 nitrogen and oxygen atoms in total. The highest BCUT2D eigenvalue weighted by Gasteiger charge is 2.27. The summed E-state index contributed by atoms with van der Waals surface area (Å²) in [4.78, 5) is 15.4. The van der Waals surface area contributed by atoms with Crippen LogP contribution in [0.15, 0.2) is 29.3 Å². The molecule has 0 bridgehead atoms. The molecule has 2 N–H and O–H groups in total. The van der Waals surface area contributed by atoms with E-state index in [-0.39, 0.29) is 36.0 Å². The van der Waals surface area contributed by atoms with Crippen molar-refractivity contribution < 1.29 is 14.3 Å². The maximum absolute atomic E-state index is 11.2. The van der Waals surface area contributed by atoms with Crippen LogP contribution in [0.3, 0.4) is 0 Å². The van der Waals surface area contributed by atoms with Crippen molar-refractivity contribution in [1.82, 2.24) is 10.6 Å². The molecule has 0 amide bonds. The first kappa shape index (κ1) is 22.7. The Morgan fingerprint density at radius 3 is 2.69 bits per heavy atom. The number of carbonyl (C=O) groups is 1. The molecule has 0 spiro atoms. The van der Waals surface area contributed by atoms with Crippen molar-refractivity contribution >= 4 is 35.9 Å². The Kier molecular flexibility index (Phi) is 10.6. The minimum atomic E-state index is -0.233. The molecule has 1 fully saturated rings. The van der Waals surface area contributed by atoms with Gasteiger partial charge in [0, 0.05) is 32.7 Å². The summed E-state index contributed by atoms with van der Waals surface area (Å²) in [7, 11) is 3.12. The Bertz CT molecular complexity index is 578. The fourth-order valence-electron chi connectivity index (χ4n) is 3.01. The summed E-state index contributed by atoms with van der Waals surface area (Å²) in [6.45, 7) is 4.17. The predicted molar refractivity (Wildman–Crippen MR) is 114 cm³/mol. The lowest BCUT2D eigenvalue weighted by atomic mass is 9.89. The third-order valence-corrected chi connectivity index (χ3v) is 4.46. The number of esters is 1. The highest BCUT2D eigenvalue weighted by Crippen LogP contribution is 2.33. The van der Waals surface area contributed by atoms with E-state index in [9.17, 15) is 4.79 Å². The number of nitrogens with zero attached hydrogens (tertiary/aromatic N) is 1. The monoisotopic (exact) mass is 475 g/mol. The lowest BCUT2D eigenvalue weighted by Crippen LogP contribution is -2.42. The lowest BCUT2D eigenvalue weighted by Gasteiger charge is -2.32. The molecule has 1 aliphatic rings. The van der Waals surface area contributed by atoms with Gasteiger partial charge in [-0.3, -0.25) is 9.79 Å². The van der Waals surface area contributed by atoms with Gasteiger partial charge >= 0.3 is 5.97 Å². The number of rotatable bonds is 6. The molecule has 1 heterocycles. The van der Waals surface area contributed by atoms with Crippen LogP contribution in [0.1, 0.15) is 36.5 Å². The van der Waals surface area contributed by atoms with Crippen molar-refractivity contribution in [2.24, 2.45) is 10.9 Å². The summed E-state index contributed by atoms with van der Waals surface area (Å²) in [5.41, 5.74) is 2.48. The number of benzene rings is 1. The highest BCUT2D eigenvalue weighted by molar-refractivity contribution is 14.0. The average Bonchev–Trinajstić information content (AvgIpc) is 2.65. The molecule has 146 valence electrons. The molecule has 0 aromatic heterocycles. The standard InChI is InChI=1S/C19H29N3O3.HI/c1-14-6-8-15(9-7-14)18-16(5-4-12-25-18)13-22-19(20-2)21-11-10-17(23)24-3;/h6-9,16,18H,4-5,10-13H2,1-3H3,(H2,20,21,22);1H. The average molecular weight is 475 g/mol. The van der Waals surface area contributed by atoms with Crippen LogP contribution in [0.4, 0.5) is 0 Å². The first-order chi connectivity index (χ1) is 12.1. The summed E-state index contributed by atoms with van der Waals surface area (Å²) < 4.78 is 10.7. The van der Waals surface area contributed by atoms with Crippen molar-refractivity contribution in [3.8, 4) is 0 Å². The number of hydrogen-bond acceptors (Lipinski definition) is 4. The number of ether oxygens (including phenoxy) is 2. The van der Waals surface area contributed by atoms with E-state index in [1.54, 1.807) is 7.05 Å². The molecule has 2 unspecified atom stereocenters. The van der Waals surface area contributed by atoms with Crippen molar-refractivity contribution in [3.63, 3.8) is 0 Å². The Labute approximate surface area is 173 Å². The normalized spacial score (nSPS) is 20.0. The Balaban J connectivity index is 0.00000338. The van der Waals surface area contributed by atoms with E-state index in [0.29, 0.717) is 24.8 Å². The van der Waals surface area contributed by atoms with Crippen LogP contribution in [0.5, 0.6) is 0 Å². The number of methoxy groups -OCH3 is 1. The molecule has 0 aliphatic carbocycles. The van der Waals surface area contributed by atoms with Gasteiger partial charge in [0.2, 0.25) is 0 Å². The second-order valence-electron chi connectivity index (χ2n) is 6.31. The van der Waals surface area contributed by atoms with Crippen molar-refractivity contribution in [1.29, 1.82) is 0 Å². The van der Waals surface area contributed by atoms with Gasteiger partial charge in [0.15, 0.2) is 5.96 Å². The van der Waals surface area contributed by atoms with Gasteiger partial charge in [0.05, 0.1) is 19.6 Å². The van der Waals surface area contributed by atoms with E-state index in [0.717, 1.165) is 26.0 Å². The molecular formula is C19H30IN3O3. The summed E-state index contributed by atoms with van der Waals surface area (Å²) in [5, 5.41) is 6.48. The van der Waals surface area contributed by atoms with E-state index in [2.05, 4.69) is 51.6 Å². The zero-order chi connectivity index (χ0) is 18.1. The zero-order valence-corrected chi connectivity index (χ0v) is 18.1. The quantitative estimate of drug-likeness (QED) is 0.287. The molecule has 0 radical (unpaired) electrons. The van der Waals surface area contributed by atoms with Crippen molar-refractivity contribution in [2.45, 2.75) is 32.3 Å². The first-order valence-electron chi connectivity index (χ1n) is 8.83. The second-order valence-corrected chi connectivity index (χ2v) is 6.31. The van der Waals surface area contributed by atoms with Crippen molar-refractivity contribution in [3.05, 3.63) is 35.4 Å². The number of aliphatic imine (C=N–C) groups is 1. The van der Waals surface area contributed by atoms with E-state index in [1.165, 1.54) is 18.2 Å². The molecule has 1 aliphatic heterocycles. The number of guanidine groups is 1. The number of hydrogen-bond donors (Lipinski definition) is 2. The molecular weight excluding hydrogens is 445 g/mol.